The molecule has 0 aliphatic carbocycles. The first-order valence-corrected chi connectivity index (χ1v) is 8.50. The Labute approximate surface area is 143 Å². The molecular weight excluding hydrogens is 302 g/mol. The highest BCUT2D eigenvalue weighted by atomic mass is 16.5. The fourth-order valence-corrected chi connectivity index (χ4v) is 2.51. The minimum absolute atomic E-state index is 0.423. The van der Waals surface area contributed by atoms with E-state index in [-0.39, 0.29) is 0 Å². The van der Waals surface area contributed by atoms with Crippen LogP contribution in [-0.2, 0) is 0 Å². The number of hydroxylamine groups is 1. The summed E-state index contributed by atoms with van der Waals surface area (Å²) in [5.74, 6) is 0.309. The summed E-state index contributed by atoms with van der Waals surface area (Å²) in [5.41, 5.74) is 2.07. The van der Waals surface area contributed by atoms with Crippen molar-refractivity contribution in [2.24, 2.45) is 0 Å². The summed E-state index contributed by atoms with van der Waals surface area (Å²) < 4.78 is 5.77. The van der Waals surface area contributed by atoms with Crippen molar-refractivity contribution in [3.63, 3.8) is 0 Å². The van der Waals surface area contributed by atoms with Gasteiger partial charge in [0.2, 0.25) is 0 Å². The Balaban J connectivity index is 1.86. The van der Waals surface area contributed by atoms with Gasteiger partial charge < -0.3 is 4.74 Å². The molecule has 0 saturated heterocycles. The zero-order chi connectivity index (χ0) is 17.2. The van der Waals surface area contributed by atoms with E-state index >= 15 is 0 Å². The molecule has 0 bridgehead atoms. The predicted molar refractivity (Wildman–Crippen MR) is 96.6 cm³/mol. The van der Waals surface area contributed by atoms with Crippen molar-refractivity contribution in [1.29, 1.82) is 0 Å². The molecule has 2 rings (SSSR count). The quantitative estimate of drug-likeness (QED) is 0.299. The Kier molecular flexibility index (Phi) is 7.30. The molecule has 0 aliphatic heterocycles. The first kappa shape index (κ1) is 18.0. The molecule has 0 aliphatic rings. The van der Waals surface area contributed by atoms with E-state index in [0.29, 0.717) is 12.2 Å². The Morgan fingerprint density at radius 3 is 2.62 bits per heavy atom. The number of carbonyl (C=O) groups is 1. The maximum atomic E-state index is 11.4. The minimum atomic E-state index is -0.511. The summed E-state index contributed by atoms with van der Waals surface area (Å²) in [6.45, 7) is 2.87. The molecule has 0 aromatic heterocycles. The third-order valence-electron chi connectivity index (χ3n) is 3.87. The van der Waals surface area contributed by atoms with Gasteiger partial charge in [-0.3, -0.25) is 10.0 Å². The van der Waals surface area contributed by atoms with E-state index in [4.69, 9.17) is 9.94 Å². The molecule has 4 heteroatoms. The van der Waals surface area contributed by atoms with Crippen LogP contribution in [0.15, 0.2) is 48.6 Å². The Hall–Kier alpha value is -2.33. The van der Waals surface area contributed by atoms with Crippen molar-refractivity contribution >= 4 is 16.7 Å². The normalized spacial score (nSPS) is 11.1. The number of amides is 1. The van der Waals surface area contributed by atoms with Crippen molar-refractivity contribution in [3.05, 3.63) is 54.1 Å². The van der Waals surface area contributed by atoms with E-state index < -0.39 is 5.91 Å². The SMILES string of the molecule is CCCCC/C=C/CCOc1ccc2cc(C(=O)NO)ccc2c1. The Morgan fingerprint density at radius 2 is 1.83 bits per heavy atom. The predicted octanol–water partition coefficient (Wildman–Crippen LogP) is 4.86. The van der Waals surface area contributed by atoms with E-state index in [9.17, 15) is 4.79 Å². The molecular formula is C20H25NO3. The molecule has 2 aromatic carbocycles. The van der Waals surface area contributed by atoms with Gasteiger partial charge in [-0.05, 0) is 54.3 Å². The standard InChI is InChI=1S/C20H25NO3/c1-2-3-4-5-6-7-8-13-24-19-12-11-16-14-18(20(22)21-23)10-9-17(16)15-19/h6-7,9-12,14-15,23H,2-5,8,13H2,1H3,(H,21,22)/b7-6+. The monoisotopic (exact) mass is 327 g/mol. The summed E-state index contributed by atoms with van der Waals surface area (Å²) in [6.07, 6.45) is 10.3. The van der Waals surface area contributed by atoms with Gasteiger partial charge in [0.15, 0.2) is 0 Å². The zero-order valence-corrected chi connectivity index (χ0v) is 14.1. The number of fused-ring (bicyclic) bond motifs is 1. The Bertz CT molecular complexity index is 694. The van der Waals surface area contributed by atoms with Crippen molar-refractivity contribution in [3.8, 4) is 5.75 Å². The van der Waals surface area contributed by atoms with Crippen LogP contribution in [0.1, 0.15) is 49.4 Å². The summed E-state index contributed by atoms with van der Waals surface area (Å²) in [7, 11) is 0. The number of benzene rings is 2. The summed E-state index contributed by atoms with van der Waals surface area (Å²) in [4.78, 5) is 11.4. The molecule has 4 nitrogen and oxygen atoms in total. The zero-order valence-electron chi connectivity index (χ0n) is 14.1. The van der Waals surface area contributed by atoms with Crippen LogP contribution in [0, 0.1) is 0 Å². The lowest BCUT2D eigenvalue weighted by molar-refractivity contribution is 0.0706. The van der Waals surface area contributed by atoms with Gasteiger partial charge in [0.25, 0.3) is 5.91 Å². The van der Waals surface area contributed by atoms with Crippen LogP contribution >= 0.6 is 0 Å². The van der Waals surface area contributed by atoms with E-state index in [2.05, 4.69) is 19.1 Å². The summed E-state index contributed by atoms with van der Waals surface area (Å²) in [6, 6.07) is 11.0. The largest absolute Gasteiger partial charge is 0.493 e. The average Bonchev–Trinajstić information content (AvgIpc) is 2.62. The second kappa shape index (κ2) is 9.73. The maximum Gasteiger partial charge on any atom is 0.274 e. The van der Waals surface area contributed by atoms with Gasteiger partial charge in [0, 0.05) is 5.56 Å². The lowest BCUT2D eigenvalue weighted by Crippen LogP contribution is -2.18. The lowest BCUT2D eigenvalue weighted by Gasteiger charge is -2.07. The molecule has 0 atom stereocenters. The van der Waals surface area contributed by atoms with E-state index in [1.54, 1.807) is 17.6 Å². The number of hydrogen-bond acceptors (Lipinski definition) is 3. The van der Waals surface area contributed by atoms with Crippen LogP contribution in [0.4, 0.5) is 0 Å². The highest BCUT2D eigenvalue weighted by Crippen LogP contribution is 2.22. The summed E-state index contributed by atoms with van der Waals surface area (Å²) in [5, 5.41) is 10.6. The van der Waals surface area contributed by atoms with Gasteiger partial charge in [-0.25, -0.2) is 5.48 Å². The smallest absolute Gasteiger partial charge is 0.274 e. The number of allylic oxidation sites excluding steroid dienone is 1. The highest BCUT2D eigenvalue weighted by Gasteiger charge is 2.05. The number of carbonyl (C=O) groups excluding carboxylic acids is 1. The molecule has 2 N–H and O–H groups in total. The third kappa shape index (κ3) is 5.39. The molecule has 0 fully saturated rings. The van der Waals surface area contributed by atoms with Crippen LogP contribution < -0.4 is 10.2 Å². The molecule has 1 amide bonds. The van der Waals surface area contributed by atoms with Gasteiger partial charge in [-0.15, -0.1) is 0 Å². The number of hydrogen-bond donors (Lipinski definition) is 2. The van der Waals surface area contributed by atoms with Gasteiger partial charge in [0.1, 0.15) is 5.75 Å². The van der Waals surface area contributed by atoms with Gasteiger partial charge >= 0.3 is 0 Å². The van der Waals surface area contributed by atoms with E-state index in [0.717, 1.165) is 29.4 Å². The molecule has 0 unspecified atom stereocenters. The summed E-state index contributed by atoms with van der Waals surface area (Å²) >= 11 is 0. The Morgan fingerprint density at radius 1 is 1.08 bits per heavy atom. The number of rotatable bonds is 9. The van der Waals surface area contributed by atoms with Gasteiger partial charge in [0.05, 0.1) is 6.61 Å². The fraction of sp³-hybridized carbons (Fsp3) is 0.350. The van der Waals surface area contributed by atoms with Crippen LogP contribution in [0.5, 0.6) is 5.75 Å². The van der Waals surface area contributed by atoms with Crippen LogP contribution in [0.25, 0.3) is 10.8 Å². The lowest BCUT2D eigenvalue weighted by atomic mass is 10.1. The van der Waals surface area contributed by atoms with Crippen molar-refractivity contribution < 1.29 is 14.7 Å². The molecule has 128 valence electrons. The van der Waals surface area contributed by atoms with Crippen LogP contribution in [0.2, 0.25) is 0 Å². The van der Waals surface area contributed by atoms with E-state index in [1.807, 2.05) is 24.3 Å². The molecule has 0 saturated carbocycles. The first-order chi connectivity index (χ1) is 11.7. The second-order valence-corrected chi connectivity index (χ2v) is 5.77. The van der Waals surface area contributed by atoms with Gasteiger partial charge in [-0.2, -0.15) is 0 Å². The minimum Gasteiger partial charge on any atom is -0.493 e. The number of ether oxygens (including phenoxy) is 1. The van der Waals surface area contributed by atoms with Crippen molar-refractivity contribution in [1.82, 2.24) is 5.48 Å². The molecule has 0 radical (unpaired) electrons. The molecule has 0 heterocycles. The highest BCUT2D eigenvalue weighted by molar-refractivity contribution is 5.98. The van der Waals surface area contributed by atoms with Crippen LogP contribution in [-0.4, -0.2) is 17.7 Å². The molecule has 2 aromatic rings. The number of unbranched alkanes of at least 4 members (excludes halogenated alkanes) is 3. The van der Waals surface area contributed by atoms with Crippen LogP contribution in [0.3, 0.4) is 0 Å². The fourth-order valence-electron chi connectivity index (χ4n) is 2.51. The first-order valence-electron chi connectivity index (χ1n) is 8.50. The topological polar surface area (TPSA) is 58.6 Å². The van der Waals surface area contributed by atoms with Crippen molar-refractivity contribution in [2.75, 3.05) is 6.61 Å². The third-order valence-corrected chi connectivity index (χ3v) is 3.87. The second-order valence-electron chi connectivity index (χ2n) is 5.77. The van der Waals surface area contributed by atoms with Gasteiger partial charge in [-0.1, -0.05) is 44.1 Å². The molecule has 24 heavy (non-hydrogen) atoms. The maximum absolute atomic E-state index is 11.4. The average molecular weight is 327 g/mol. The number of nitrogens with one attached hydrogen (secondary N) is 1. The van der Waals surface area contributed by atoms with E-state index in [1.165, 1.54) is 19.3 Å². The molecule has 0 spiro atoms. The van der Waals surface area contributed by atoms with Crippen molar-refractivity contribution in [2.45, 2.75) is 39.0 Å².